The number of ether oxygens (including phenoxy) is 1. The number of methoxy groups -OCH3 is 1. The van der Waals surface area contributed by atoms with Gasteiger partial charge in [-0.25, -0.2) is 4.79 Å². The van der Waals surface area contributed by atoms with Crippen LogP contribution in [0.25, 0.3) is 0 Å². The Morgan fingerprint density at radius 3 is 2.48 bits per heavy atom. The average Bonchev–Trinajstić information content (AvgIpc) is 2.63. The number of urea groups is 1. The number of carbonyl (C=O) groups is 2. The van der Waals surface area contributed by atoms with Crippen molar-refractivity contribution in [1.29, 1.82) is 0 Å². The summed E-state index contributed by atoms with van der Waals surface area (Å²) in [4.78, 5) is 25.8. The lowest BCUT2D eigenvalue weighted by molar-refractivity contribution is -0.127. The lowest BCUT2D eigenvalue weighted by Crippen LogP contribution is -2.43. The van der Waals surface area contributed by atoms with E-state index in [2.05, 4.69) is 16.6 Å². The van der Waals surface area contributed by atoms with Crippen molar-refractivity contribution in [3.63, 3.8) is 0 Å². The maximum Gasteiger partial charge on any atom is 0.323 e. The van der Waals surface area contributed by atoms with Crippen LogP contribution >= 0.6 is 0 Å². The normalized spacial score (nSPS) is 10.2. The van der Waals surface area contributed by atoms with Gasteiger partial charge in [0.1, 0.15) is 11.4 Å². The summed E-state index contributed by atoms with van der Waals surface area (Å²) in [6.45, 7) is 2.47. The molecular weight excluding hydrogens is 370 g/mol. The molecule has 1 aromatic carbocycles. The van der Waals surface area contributed by atoms with E-state index in [1.165, 1.54) is 25.1 Å². The van der Waals surface area contributed by atoms with Gasteiger partial charge in [0.15, 0.2) is 0 Å². The Balaban J connectivity index is 2.88. The van der Waals surface area contributed by atoms with Crippen LogP contribution in [0.1, 0.15) is 44.6 Å². The summed E-state index contributed by atoms with van der Waals surface area (Å²) >= 11 is 0. The summed E-state index contributed by atoms with van der Waals surface area (Å²) < 4.78 is 30.2. The van der Waals surface area contributed by atoms with Crippen molar-refractivity contribution in [3.8, 4) is 5.75 Å². The number of nitrogens with one attached hydrogen (secondary N) is 1. The minimum atomic E-state index is -2.64. The van der Waals surface area contributed by atoms with Gasteiger partial charge in [-0.2, -0.15) is 8.42 Å². The van der Waals surface area contributed by atoms with Crippen molar-refractivity contribution in [1.82, 2.24) is 10.2 Å². The summed E-state index contributed by atoms with van der Waals surface area (Å²) in [5.74, 6) is -0.0707. The number of unbranched alkanes of at least 4 members (excludes halogenated alkanes) is 4. The lowest BCUT2D eigenvalue weighted by atomic mass is 10.1. The van der Waals surface area contributed by atoms with Gasteiger partial charge < -0.3 is 10.1 Å². The molecule has 0 heterocycles. The zero-order chi connectivity index (χ0) is 20.2. The Kier molecular flexibility index (Phi) is 10.1. The number of rotatable bonds is 10. The zero-order valence-corrected chi connectivity index (χ0v) is 16.8. The van der Waals surface area contributed by atoms with E-state index in [1.54, 1.807) is 12.1 Å². The molecule has 0 bridgehead atoms. The van der Waals surface area contributed by atoms with Crippen LogP contribution in [-0.4, -0.2) is 46.0 Å². The molecule has 150 valence electrons. The maximum absolute atomic E-state index is 12.6. The second-order valence-electron chi connectivity index (χ2n) is 6.01. The molecule has 0 atom stereocenters. The van der Waals surface area contributed by atoms with Gasteiger partial charge in [-0.15, -0.1) is 4.36 Å². The van der Waals surface area contributed by atoms with Gasteiger partial charge in [0.05, 0.1) is 13.5 Å². The summed E-state index contributed by atoms with van der Waals surface area (Å²) in [5, 5.41) is 2.49. The fraction of sp³-hybridized carbons (Fsp3) is 0.556. The molecule has 0 saturated heterocycles. The molecule has 1 aromatic rings. The minimum Gasteiger partial charge on any atom is -0.494 e. The van der Waals surface area contributed by atoms with Crippen LogP contribution in [0.4, 0.5) is 10.5 Å². The Bertz CT molecular complexity index is 769. The van der Waals surface area contributed by atoms with Crippen LogP contribution in [-0.2, 0) is 21.7 Å². The molecule has 0 aliphatic rings. The first-order chi connectivity index (χ1) is 12.9. The zero-order valence-electron chi connectivity index (χ0n) is 16.0. The fourth-order valence-corrected chi connectivity index (χ4v) is 2.92. The number of amides is 3. The fourth-order valence-electron chi connectivity index (χ4n) is 2.62. The van der Waals surface area contributed by atoms with Gasteiger partial charge >= 0.3 is 16.5 Å². The molecule has 0 saturated carbocycles. The highest BCUT2D eigenvalue weighted by Crippen LogP contribution is 2.28. The van der Waals surface area contributed by atoms with Crippen LogP contribution in [0.3, 0.4) is 0 Å². The van der Waals surface area contributed by atoms with Gasteiger partial charge in [-0.05, 0) is 24.1 Å². The van der Waals surface area contributed by atoms with Gasteiger partial charge in [0, 0.05) is 13.6 Å². The van der Waals surface area contributed by atoms with Crippen LogP contribution in [0.5, 0.6) is 5.75 Å². The van der Waals surface area contributed by atoms with Gasteiger partial charge in [0.25, 0.3) is 0 Å². The molecule has 9 heteroatoms. The number of hydrogen-bond donors (Lipinski definition) is 1. The molecule has 0 aliphatic heterocycles. The highest BCUT2D eigenvalue weighted by Gasteiger charge is 2.20. The summed E-state index contributed by atoms with van der Waals surface area (Å²) in [7, 11) is 0.243. The molecule has 0 radical (unpaired) electrons. The molecule has 3 amide bonds. The Hall–Kier alpha value is -2.42. The molecule has 0 aliphatic carbocycles. The molecule has 1 N–H and O–H groups in total. The highest BCUT2D eigenvalue weighted by atomic mass is 32.2. The van der Waals surface area contributed by atoms with E-state index in [0.717, 1.165) is 32.1 Å². The van der Waals surface area contributed by atoms with Gasteiger partial charge in [-0.3, -0.25) is 9.69 Å². The van der Waals surface area contributed by atoms with Crippen molar-refractivity contribution in [2.75, 3.05) is 20.7 Å². The average molecular weight is 397 g/mol. The van der Waals surface area contributed by atoms with Crippen molar-refractivity contribution in [2.45, 2.75) is 45.4 Å². The molecule has 1 rings (SSSR count). The van der Waals surface area contributed by atoms with E-state index < -0.39 is 16.5 Å². The first-order valence-corrected chi connectivity index (χ1v) is 9.96. The molecule has 0 unspecified atom stereocenters. The molecule has 0 fully saturated rings. The Morgan fingerprint density at radius 1 is 1.19 bits per heavy atom. The lowest BCUT2D eigenvalue weighted by Gasteiger charge is -2.20. The van der Waals surface area contributed by atoms with Crippen LogP contribution < -0.4 is 10.1 Å². The van der Waals surface area contributed by atoms with Crippen molar-refractivity contribution in [3.05, 3.63) is 23.8 Å². The highest BCUT2D eigenvalue weighted by molar-refractivity contribution is 7.61. The van der Waals surface area contributed by atoms with E-state index in [4.69, 9.17) is 4.74 Å². The Morgan fingerprint density at radius 2 is 1.89 bits per heavy atom. The number of imide groups is 1. The molecule has 27 heavy (non-hydrogen) atoms. The van der Waals surface area contributed by atoms with E-state index in [-0.39, 0.29) is 23.8 Å². The van der Waals surface area contributed by atoms with E-state index >= 15 is 0 Å². The summed E-state index contributed by atoms with van der Waals surface area (Å²) in [6, 6.07) is 4.21. The summed E-state index contributed by atoms with van der Waals surface area (Å²) in [6.07, 6.45) is 4.99. The van der Waals surface area contributed by atoms with E-state index in [0.29, 0.717) is 12.1 Å². The molecular formula is C18H27N3O5S. The van der Waals surface area contributed by atoms with Gasteiger partial charge in [0.2, 0.25) is 5.91 Å². The third kappa shape index (κ3) is 7.78. The Labute approximate surface area is 161 Å². The molecule has 0 spiro atoms. The first kappa shape index (κ1) is 22.6. The third-order valence-corrected chi connectivity index (χ3v) is 4.36. The third-order valence-electron chi connectivity index (χ3n) is 4.02. The number of hydrogen-bond acceptors (Lipinski definition) is 6. The predicted molar refractivity (Wildman–Crippen MR) is 103 cm³/mol. The number of nitrogens with zero attached hydrogens (tertiary/aromatic N) is 2. The van der Waals surface area contributed by atoms with E-state index in [1.807, 2.05) is 0 Å². The van der Waals surface area contributed by atoms with Crippen LogP contribution in [0.2, 0.25) is 0 Å². The minimum absolute atomic E-state index is 0.0413. The second kappa shape index (κ2) is 12.1. The van der Waals surface area contributed by atoms with Crippen LogP contribution in [0.15, 0.2) is 22.6 Å². The van der Waals surface area contributed by atoms with Crippen molar-refractivity contribution >= 4 is 28.1 Å². The quantitative estimate of drug-likeness (QED) is 0.611. The van der Waals surface area contributed by atoms with E-state index in [9.17, 15) is 18.0 Å². The van der Waals surface area contributed by atoms with Crippen molar-refractivity contribution in [2.24, 2.45) is 4.36 Å². The second-order valence-corrected chi connectivity index (χ2v) is 6.62. The first-order valence-electron chi connectivity index (χ1n) is 8.93. The maximum atomic E-state index is 12.6. The monoisotopic (exact) mass is 397 g/mol. The van der Waals surface area contributed by atoms with Crippen LogP contribution in [0, 0.1) is 0 Å². The predicted octanol–water partition coefficient (Wildman–Crippen LogP) is 3.07. The smallest absolute Gasteiger partial charge is 0.323 e. The topological polar surface area (TPSA) is 105 Å². The van der Waals surface area contributed by atoms with Gasteiger partial charge in [-0.1, -0.05) is 38.7 Å². The van der Waals surface area contributed by atoms with Crippen molar-refractivity contribution < 1.29 is 22.7 Å². The number of benzene rings is 1. The molecule has 8 nitrogen and oxygen atoms in total. The summed E-state index contributed by atoms with van der Waals surface area (Å²) in [5.41, 5.74) is 0.659. The standard InChI is InChI=1S/C18H27N3O5S/c1-4-5-6-7-8-11-21(18(23)19-2)17(22)13-14-9-10-16(26-3)15(12-14)20-27(24)25/h9-10,12H,4-8,11,13H2,1-3H3,(H,19,23). The largest absolute Gasteiger partial charge is 0.494 e. The number of carbonyl (C=O) groups excluding carboxylic acids is 2. The SMILES string of the molecule is CCCCCCCN(C(=O)Cc1ccc(OC)c(N=S(=O)=O)c1)C(=O)NC. The molecule has 0 aromatic heterocycles.